The Kier molecular flexibility index (Phi) is 5.17. The molecule has 16 heavy (non-hydrogen) atoms. The number of aromatic nitrogens is 2. The van der Waals surface area contributed by atoms with Gasteiger partial charge in [0.2, 0.25) is 5.91 Å². The van der Waals surface area contributed by atoms with E-state index < -0.39 is 0 Å². The summed E-state index contributed by atoms with van der Waals surface area (Å²) in [6.07, 6.45) is 0.838. The van der Waals surface area contributed by atoms with E-state index >= 15 is 0 Å². The van der Waals surface area contributed by atoms with E-state index in [0.717, 1.165) is 16.6 Å². The van der Waals surface area contributed by atoms with Gasteiger partial charge in [0.05, 0.1) is 0 Å². The lowest BCUT2D eigenvalue weighted by Crippen LogP contribution is -2.38. The zero-order valence-electron chi connectivity index (χ0n) is 9.56. The van der Waals surface area contributed by atoms with E-state index in [4.69, 9.17) is 5.84 Å². The summed E-state index contributed by atoms with van der Waals surface area (Å²) >= 11 is 2.94. The minimum Gasteiger partial charge on any atom is -0.294 e. The van der Waals surface area contributed by atoms with Crippen LogP contribution < -0.4 is 11.3 Å². The first-order chi connectivity index (χ1) is 7.58. The molecule has 0 aromatic carbocycles. The number of nitrogens with zero attached hydrogens (tertiary/aromatic N) is 2. The number of amides is 1. The smallest absolute Gasteiger partial charge is 0.237 e. The number of aryl methyl sites for hydroxylation is 1. The van der Waals surface area contributed by atoms with Crippen molar-refractivity contribution in [1.29, 1.82) is 0 Å². The van der Waals surface area contributed by atoms with Crippen molar-refractivity contribution in [2.24, 2.45) is 11.8 Å². The molecule has 0 spiro atoms. The van der Waals surface area contributed by atoms with Crippen molar-refractivity contribution in [2.75, 3.05) is 0 Å². The van der Waals surface area contributed by atoms with Crippen LogP contribution in [0.5, 0.6) is 0 Å². The van der Waals surface area contributed by atoms with Crippen molar-refractivity contribution in [3.63, 3.8) is 0 Å². The van der Waals surface area contributed by atoms with E-state index in [0.29, 0.717) is 0 Å². The molecule has 0 bridgehead atoms. The Morgan fingerprint density at radius 2 is 2.31 bits per heavy atom. The maximum Gasteiger partial charge on any atom is 0.237 e. The predicted octanol–water partition coefficient (Wildman–Crippen LogP) is 1.21. The number of nitrogens with two attached hydrogens (primary N) is 1. The van der Waals surface area contributed by atoms with E-state index in [-0.39, 0.29) is 17.1 Å². The van der Waals surface area contributed by atoms with E-state index in [1.807, 2.05) is 20.8 Å². The molecule has 2 unspecified atom stereocenters. The van der Waals surface area contributed by atoms with Gasteiger partial charge in [-0.05, 0) is 11.5 Å². The average molecular weight is 260 g/mol. The fourth-order valence-corrected chi connectivity index (χ4v) is 3.08. The van der Waals surface area contributed by atoms with Crippen molar-refractivity contribution >= 4 is 29.2 Å². The average Bonchev–Trinajstić information content (AvgIpc) is 2.74. The number of nitrogens with one attached hydrogen (secondary N) is 1. The second-order valence-corrected chi connectivity index (χ2v) is 5.83. The molecule has 1 heterocycles. The first kappa shape index (κ1) is 13.4. The van der Waals surface area contributed by atoms with Gasteiger partial charge in [-0.3, -0.25) is 10.2 Å². The van der Waals surface area contributed by atoms with Gasteiger partial charge in [-0.1, -0.05) is 32.5 Å². The van der Waals surface area contributed by atoms with Crippen LogP contribution >= 0.6 is 23.3 Å². The Bertz CT molecular complexity index is 355. The molecule has 7 heteroatoms. The number of thioether (sulfide) groups is 1. The second kappa shape index (κ2) is 6.17. The summed E-state index contributed by atoms with van der Waals surface area (Å²) in [5.74, 6) is 5.65. The summed E-state index contributed by atoms with van der Waals surface area (Å²) in [5, 5.41) is 0.126. The zero-order valence-corrected chi connectivity index (χ0v) is 11.2. The lowest BCUT2D eigenvalue weighted by Gasteiger charge is -2.15. The van der Waals surface area contributed by atoms with E-state index in [1.165, 1.54) is 11.5 Å². The maximum absolute atomic E-state index is 11.3. The molecule has 90 valence electrons. The number of carbonyl (C=O) groups is 1. The van der Waals surface area contributed by atoms with Gasteiger partial charge in [0.1, 0.15) is 5.82 Å². The van der Waals surface area contributed by atoms with Crippen molar-refractivity contribution in [1.82, 2.24) is 14.8 Å². The van der Waals surface area contributed by atoms with Crippen molar-refractivity contribution in [3.8, 4) is 0 Å². The first-order valence-electron chi connectivity index (χ1n) is 5.08. The van der Waals surface area contributed by atoms with Gasteiger partial charge in [0.15, 0.2) is 4.34 Å². The lowest BCUT2D eigenvalue weighted by molar-refractivity contribution is -0.124. The third kappa shape index (κ3) is 3.43. The Balaban J connectivity index is 2.56. The van der Waals surface area contributed by atoms with Gasteiger partial charge in [0.25, 0.3) is 0 Å². The Morgan fingerprint density at radius 3 is 2.81 bits per heavy atom. The molecule has 0 saturated carbocycles. The van der Waals surface area contributed by atoms with E-state index in [9.17, 15) is 4.79 Å². The van der Waals surface area contributed by atoms with Gasteiger partial charge in [-0.2, -0.15) is 4.37 Å². The monoisotopic (exact) mass is 260 g/mol. The molecule has 0 aliphatic rings. The fourth-order valence-electron chi connectivity index (χ4n) is 1.04. The van der Waals surface area contributed by atoms with Gasteiger partial charge in [-0.15, -0.1) is 0 Å². The Hall–Kier alpha value is -0.660. The normalized spacial score (nSPS) is 14.5. The van der Waals surface area contributed by atoms with Crippen molar-refractivity contribution < 1.29 is 4.79 Å². The summed E-state index contributed by atoms with van der Waals surface area (Å²) in [7, 11) is 0. The van der Waals surface area contributed by atoms with Crippen molar-refractivity contribution in [2.45, 2.75) is 36.8 Å². The SMILES string of the molecule is CCc1nsc(SC(C)C(C)C(=O)NN)n1. The Morgan fingerprint density at radius 1 is 1.62 bits per heavy atom. The molecule has 1 aromatic rings. The molecule has 0 aliphatic carbocycles. The van der Waals surface area contributed by atoms with Crippen LogP contribution in [0.1, 0.15) is 26.6 Å². The van der Waals surface area contributed by atoms with Crippen LogP contribution in [0.25, 0.3) is 0 Å². The third-order valence-electron chi connectivity index (χ3n) is 2.31. The number of hydrogen-bond donors (Lipinski definition) is 2. The van der Waals surface area contributed by atoms with Crippen LogP contribution in [0.4, 0.5) is 0 Å². The van der Waals surface area contributed by atoms with Crippen LogP contribution in [0.2, 0.25) is 0 Å². The minimum atomic E-state index is -0.153. The fraction of sp³-hybridized carbons (Fsp3) is 0.667. The minimum absolute atomic E-state index is 0.126. The molecular formula is C9H16N4OS2. The molecule has 5 nitrogen and oxygen atoms in total. The summed E-state index contributed by atoms with van der Waals surface area (Å²) < 4.78 is 5.10. The maximum atomic E-state index is 11.3. The van der Waals surface area contributed by atoms with E-state index in [2.05, 4.69) is 14.8 Å². The predicted molar refractivity (Wildman–Crippen MR) is 66.1 cm³/mol. The summed E-state index contributed by atoms with van der Waals surface area (Å²) in [5.41, 5.74) is 2.16. The highest BCUT2D eigenvalue weighted by Gasteiger charge is 2.21. The summed E-state index contributed by atoms with van der Waals surface area (Å²) in [6, 6.07) is 0. The number of hydrogen-bond acceptors (Lipinski definition) is 6. The van der Waals surface area contributed by atoms with Crippen molar-refractivity contribution in [3.05, 3.63) is 5.82 Å². The third-order valence-corrected chi connectivity index (χ3v) is 4.45. The van der Waals surface area contributed by atoms with Gasteiger partial charge in [0, 0.05) is 17.6 Å². The summed E-state index contributed by atoms with van der Waals surface area (Å²) in [4.78, 5) is 15.7. The number of carbonyl (C=O) groups excluding carboxylic acids is 1. The van der Waals surface area contributed by atoms with Crippen LogP contribution in [0.3, 0.4) is 0 Å². The molecule has 0 fully saturated rings. The molecule has 0 saturated heterocycles. The topological polar surface area (TPSA) is 80.9 Å². The quantitative estimate of drug-likeness (QED) is 0.360. The molecule has 0 radical (unpaired) electrons. The largest absolute Gasteiger partial charge is 0.294 e. The highest BCUT2D eigenvalue weighted by atomic mass is 32.2. The molecule has 2 atom stereocenters. The zero-order chi connectivity index (χ0) is 12.1. The van der Waals surface area contributed by atoms with Crippen LogP contribution in [0, 0.1) is 5.92 Å². The van der Waals surface area contributed by atoms with Crippen LogP contribution in [0.15, 0.2) is 4.34 Å². The van der Waals surface area contributed by atoms with Gasteiger partial charge < -0.3 is 0 Å². The number of rotatable bonds is 5. The highest BCUT2D eigenvalue weighted by Crippen LogP contribution is 2.29. The van der Waals surface area contributed by atoms with Gasteiger partial charge >= 0.3 is 0 Å². The molecule has 1 amide bonds. The number of hydrazine groups is 1. The van der Waals surface area contributed by atoms with Crippen LogP contribution in [-0.4, -0.2) is 20.5 Å². The van der Waals surface area contributed by atoms with Crippen LogP contribution in [-0.2, 0) is 11.2 Å². The highest BCUT2D eigenvalue weighted by molar-refractivity contribution is 8.01. The summed E-state index contributed by atoms with van der Waals surface area (Å²) in [6.45, 7) is 5.85. The Labute approximate surface area is 103 Å². The molecular weight excluding hydrogens is 244 g/mol. The molecule has 3 N–H and O–H groups in total. The molecule has 1 rings (SSSR count). The standard InChI is InChI=1S/C9H16N4OS2/c1-4-7-11-9(16-13-7)15-6(3)5(2)8(14)12-10/h5-6H,4,10H2,1-3H3,(H,12,14). The molecule has 0 aliphatic heterocycles. The first-order valence-corrected chi connectivity index (χ1v) is 6.73. The van der Waals surface area contributed by atoms with Gasteiger partial charge in [-0.25, -0.2) is 10.8 Å². The lowest BCUT2D eigenvalue weighted by atomic mass is 10.1. The second-order valence-electron chi connectivity index (χ2n) is 3.45. The molecule has 1 aromatic heterocycles. The van der Waals surface area contributed by atoms with E-state index in [1.54, 1.807) is 11.8 Å².